The van der Waals surface area contributed by atoms with Crippen molar-refractivity contribution in [2.24, 2.45) is 5.73 Å². The second-order valence-electron chi connectivity index (χ2n) is 5.10. The van der Waals surface area contributed by atoms with Gasteiger partial charge in [0, 0.05) is 18.8 Å². The molecule has 2 aromatic rings. The molecule has 2 rings (SSSR count). The number of hydrogen-bond donors (Lipinski definition) is 1. The van der Waals surface area contributed by atoms with E-state index in [1.54, 1.807) is 0 Å². The highest BCUT2D eigenvalue weighted by atomic mass is 15.2. The van der Waals surface area contributed by atoms with Crippen molar-refractivity contribution in [1.29, 1.82) is 0 Å². The summed E-state index contributed by atoms with van der Waals surface area (Å²) in [4.78, 5) is 6.80. The summed E-state index contributed by atoms with van der Waals surface area (Å²) in [6.45, 7) is 6.00. The van der Waals surface area contributed by atoms with Crippen molar-refractivity contribution in [3.63, 3.8) is 0 Å². The summed E-state index contributed by atoms with van der Waals surface area (Å²) in [5, 5.41) is 0. The summed E-state index contributed by atoms with van der Waals surface area (Å²) < 4.78 is 0. The molecule has 1 aromatic carbocycles. The summed E-state index contributed by atoms with van der Waals surface area (Å²) in [6.07, 6.45) is 1.84. The molecule has 0 bridgehead atoms. The van der Waals surface area contributed by atoms with Crippen molar-refractivity contribution >= 4 is 0 Å². The Morgan fingerprint density at radius 1 is 1.10 bits per heavy atom. The van der Waals surface area contributed by atoms with E-state index in [-0.39, 0.29) is 12.1 Å². The van der Waals surface area contributed by atoms with Crippen LogP contribution in [0, 0.1) is 0 Å². The van der Waals surface area contributed by atoms with Gasteiger partial charge in [0.25, 0.3) is 0 Å². The van der Waals surface area contributed by atoms with Crippen molar-refractivity contribution in [2.75, 3.05) is 6.54 Å². The van der Waals surface area contributed by atoms with Gasteiger partial charge in [0.05, 0.1) is 11.7 Å². The van der Waals surface area contributed by atoms with Gasteiger partial charge < -0.3 is 5.73 Å². The molecule has 0 saturated carbocycles. The van der Waals surface area contributed by atoms with Crippen LogP contribution in [-0.4, -0.2) is 22.5 Å². The van der Waals surface area contributed by atoms with Gasteiger partial charge in [-0.05, 0) is 31.2 Å². The SMILES string of the molecule is CCN(Cc1ccccn1)C(c1ccccc1)C(C)N. The Morgan fingerprint density at radius 2 is 1.80 bits per heavy atom. The van der Waals surface area contributed by atoms with Gasteiger partial charge in [-0.25, -0.2) is 0 Å². The standard InChI is InChI=1S/C17H23N3/c1-3-20(13-16-11-7-8-12-19-16)17(14(2)18)15-9-5-4-6-10-15/h4-12,14,17H,3,13,18H2,1-2H3. The maximum absolute atomic E-state index is 6.24. The average molecular weight is 269 g/mol. The lowest BCUT2D eigenvalue weighted by molar-refractivity contribution is 0.175. The Balaban J connectivity index is 2.22. The van der Waals surface area contributed by atoms with Crippen LogP contribution in [0.3, 0.4) is 0 Å². The number of likely N-dealkylation sites (N-methyl/N-ethyl adjacent to an activating group) is 1. The second-order valence-corrected chi connectivity index (χ2v) is 5.10. The van der Waals surface area contributed by atoms with Crippen molar-refractivity contribution in [3.8, 4) is 0 Å². The first kappa shape index (κ1) is 14.7. The smallest absolute Gasteiger partial charge is 0.0544 e. The van der Waals surface area contributed by atoms with Crippen LogP contribution < -0.4 is 5.73 Å². The lowest BCUT2D eigenvalue weighted by Gasteiger charge is -2.33. The van der Waals surface area contributed by atoms with Gasteiger partial charge in [-0.2, -0.15) is 0 Å². The zero-order valence-corrected chi connectivity index (χ0v) is 12.2. The lowest BCUT2D eigenvalue weighted by Crippen LogP contribution is -2.39. The lowest BCUT2D eigenvalue weighted by atomic mass is 9.99. The first-order valence-electron chi connectivity index (χ1n) is 7.17. The average Bonchev–Trinajstić information content (AvgIpc) is 2.48. The molecule has 0 saturated heterocycles. The van der Waals surface area contributed by atoms with E-state index in [2.05, 4.69) is 54.1 Å². The Bertz CT molecular complexity index is 496. The summed E-state index contributed by atoms with van der Waals surface area (Å²) in [5.74, 6) is 0. The molecule has 0 spiro atoms. The van der Waals surface area contributed by atoms with E-state index in [9.17, 15) is 0 Å². The van der Waals surface area contributed by atoms with Crippen molar-refractivity contribution < 1.29 is 0 Å². The molecule has 20 heavy (non-hydrogen) atoms. The fraction of sp³-hybridized carbons (Fsp3) is 0.353. The number of nitrogens with two attached hydrogens (primary N) is 1. The van der Waals surface area contributed by atoms with Gasteiger partial charge in [0.1, 0.15) is 0 Å². The molecular formula is C17H23N3. The normalized spacial score (nSPS) is 14.2. The van der Waals surface area contributed by atoms with Crippen LogP contribution in [0.1, 0.15) is 31.1 Å². The van der Waals surface area contributed by atoms with E-state index in [1.807, 2.05) is 24.4 Å². The second kappa shape index (κ2) is 7.17. The van der Waals surface area contributed by atoms with Crippen LogP contribution in [0.15, 0.2) is 54.7 Å². The molecule has 0 radical (unpaired) electrons. The van der Waals surface area contributed by atoms with E-state index in [0.29, 0.717) is 0 Å². The number of rotatable bonds is 6. The highest BCUT2D eigenvalue weighted by molar-refractivity contribution is 5.21. The molecule has 2 atom stereocenters. The molecule has 106 valence electrons. The van der Waals surface area contributed by atoms with Crippen LogP contribution in [0.4, 0.5) is 0 Å². The van der Waals surface area contributed by atoms with Gasteiger partial charge in [-0.3, -0.25) is 9.88 Å². The summed E-state index contributed by atoms with van der Waals surface area (Å²) in [5.41, 5.74) is 8.58. The maximum atomic E-state index is 6.24. The number of benzene rings is 1. The molecule has 2 N–H and O–H groups in total. The number of aromatic nitrogens is 1. The predicted molar refractivity (Wildman–Crippen MR) is 83.2 cm³/mol. The minimum atomic E-state index is 0.0704. The molecular weight excluding hydrogens is 246 g/mol. The third-order valence-electron chi connectivity index (χ3n) is 3.53. The topological polar surface area (TPSA) is 42.2 Å². The van der Waals surface area contributed by atoms with Gasteiger partial charge >= 0.3 is 0 Å². The van der Waals surface area contributed by atoms with Crippen LogP contribution in [0.25, 0.3) is 0 Å². The quantitative estimate of drug-likeness (QED) is 0.876. The van der Waals surface area contributed by atoms with E-state index in [0.717, 1.165) is 18.8 Å². The third kappa shape index (κ3) is 3.65. The molecule has 0 fully saturated rings. The van der Waals surface area contributed by atoms with Crippen LogP contribution in [-0.2, 0) is 6.54 Å². The van der Waals surface area contributed by atoms with E-state index in [1.165, 1.54) is 5.56 Å². The van der Waals surface area contributed by atoms with E-state index < -0.39 is 0 Å². The van der Waals surface area contributed by atoms with Crippen molar-refractivity contribution in [2.45, 2.75) is 32.5 Å². The van der Waals surface area contributed by atoms with Crippen molar-refractivity contribution in [1.82, 2.24) is 9.88 Å². The van der Waals surface area contributed by atoms with E-state index in [4.69, 9.17) is 5.73 Å². The summed E-state index contributed by atoms with van der Waals surface area (Å²) in [6, 6.07) is 16.8. The largest absolute Gasteiger partial charge is 0.326 e. The zero-order valence-electron chi connectivity index (χ0n) is 12.2. The predicted octanol–water partition coefficient (Wildman–Crippen LogP) is 2.99. The number of pyridine rings is 1. The molecule has 2 unspecified atom stereocenters. The van der Waals surface area contributed by atoms with E-state index >= 15 is 0 Å². The zero-order chi connectivity index (χ0) is 14.4. The third-order valence-corrected chi connectivity index (χ3v) is 3.53. The molecule has 0 amide bonds. The van der Waals surface area contributed by atoms with Crippen LogP contribution in [0.5, 0.6) is 0 Å². The highest BCUT2D eigenvalue weighted by Crippen LogP contribution is 2.24. The Labute approximate surface area is 121 Å². The summed E-state index contributed by atoms with van der Waals surface area (Å²) in [7, 11) is 0. The fourth-order valence-corrected chi connectivity index (χ4v) is 2.60. The molecule has 1 heterocycles. The minimum Gasteiger partial charge on any atom is -0.326 e. The fourth-order valence-electron chi connectivity index (χ4n) is 2.60. The molecule has 0 aliphatic rings. The minimum absolute atomic E-state index is 0.0704. The Morgan fingerprint density at radius 3 is 2.35 bits per heavy atom. The molecule has 0 aliphatic carbocycles. The number of hydrogen-bond acceptors (Lipinski definition) is 3. The Kier molecular flexibility index (Phi) is 5.27. The molecule has 3 nitrogen and oxygen atoms in total. The molecule has 1 aromatic heterocycles. The van der Waals surface area contributed by atoms with Crippen molar-refractivity contribution in [3.05, 3.63) is 66.0 Å². The van der Waals surface area contributed by atoms with Gasteiger partial charge in [0.2, 0.25) is 0 Å². The first-order valence-corrected chi connectivity index (χ1v) is 7.17. The van der Waals surface area contributed by atoms with Gasteiger partial charge in [-0.15, -0.1) is 0 Å². The number of nitrogens with zero attached hydrogens (tertiary/aromatic N) is 2. The summed E-state index contributed by atoms with van der Waals surface area (Å²) >= 11 is 0. The molecule has 3 heteroatoms. The maximum Gasteiger partial charge on any atom is 0.0544 e. The monoisotopic (exact) mass is 269 g/mol. The van der Waals surface area contributed by atoms with Gasteiger partial charge in [-0.1, -0.05) is 43.3 Å². The highest BCUT2D eigenvalue weighted by Gasteiger charge is 2.23. The van der Waals surface area contributed by atoms with Crippen LogP contribution >= 0.6 is 0 Å². The molecule has 0 aliphatic heterocycles. The Hall–Kier alpha value is -1.71. The van der Waals surface area contributed by atoms with Crippen LogP contribution in [0.2, 0.25) is 0 Å². The first-order chi connectivity index (χ1) is 9.72. The van der Waals surface area contributed by atoms with Gasteiger partial charge in [0.15, 0.2) is 0 Å².